The van der Waals surface area contributed by atoms with Crippen LogP contribution in [0.4, 0.5) is 10.5 Å². The normalized spacial score (nSPS) is 10.2. The highest BCUT2D eigenvalue weighted by atomic mass is 16.5. The number of rotatable bonds is 7. The first-order valence-corrected chi connectivity index (χ1v) is 8.42. The van der Waals surface area contributed by atoms with Gasteiger partial charge in [0.25, 0.3) is 0 Å². The third-order valence-corrected chi connectivity index (χ3v) is 3.90. The van der Waals surface area contributed by atoms with Gasteiger partial charge in [0.1, 0.15) is 23.9 Å². The fourth-order valence-electron chi connectivity index (χ4n) is 2.78. The molecule has 2 aromatic carbocycles. The molecule has 0 heterocycles. The molecular weight excluding hydrogens is 332 g/mol. The van der Waals surface area contributed by atoms with Crippen LogP contribution in [0.5, 0.6) is 17.2 Å². The van der Waals surface area contributed by atoms with Crippen molar-refractivity contribution in [2.45, 2.75) is 20.8 Å². The van der Waals surface area contributed by atoms with Crippen molar-refractivity contribution in [3.05, 3.63) is 47.0 Å². The molecule has 0 saturated carbocycles. The molecule has 6 heteroatoms. The van der Waals surface area contributed by atoms with Crippen LogP contribution in [-0.4, -0.2) is 33.4 Å². The van der Waals surface area contributed by atoms with Gasteiger partial charge in [0.05, 0.1) is 26.5 Å². The molecule has 2 aromatic rings. The zero-order valence-electron chi connectivity index (χ0n) is 15.9. The Balaban J connectivity index is 1.85. The molecular formula is C20H26N2O4. The number of ether oxygens (including phenoxy) is 3. The molecule has 26 heavy (non-hydrogen) atoms. The van der Waals surface area contributed by atoms with Crippen LogP contribution in [0.1, 0.15) is 16.7 Å². The van der Waals surface area contributed by atoms with Gasteiger partial charge < -0.3 is 24.8 Å². The van der Waals surface area contributed by atoms with Crippen molar-refractivity contribution < 1.29 is 19.0 Å². The van der Waals surface area contributed by atoms with Crippen LogP contribution >= 0.6 is 0 Å². The second kappa shape index (κ2) is 8.99. The van der Waals surface area contributed by atoms with E-state index in [1.54, 1.807) is 25.3 Å². The molecule has 0 radical (unpaired) electrons. The lowest BCUT2D eigenvalue weighted by atomic mass is 10.1. The Bertz CT molecular complexity index is 751. The summed E-state index contributed by atoms with van der Waals surface area (Å²) in [6.07, 6.45) is 0. The molecule has 0 aliphatic heterocycles. The van der Waals surface area contributed by atoms with Crippen LogP contribution < -0.4 is 24.8 Å². The van der Waals surface area contributed by atoms with Gasteiger partial charge in [-0.25, -0.2) is 4.79 Å². The minimum Gasteiger partial charge on any atom is -0.497 e. The number of carbonyl (C=O) groups is 1. The lowest BCUT2D eigenvalue weighted by Crippen LogP contribution is -2.32. The largest absolute Gasteiger partial charge is 0.497 e. The maximum atomic E-state index is 12.1. The van der Waals surface area contributed by atoms with Gasteiger partial charge in [0.2, 0.25) is 0 Å². The standard InChI is InChI=1S/C20H26N2O4/c1-13-10-14(2)19(15(3)11-13)26-9-8-21-20(23)22-17-7-6-16(24-4)12-18(17)25-5/h6-7,10-12H,8-9H2,1-5H3,(H2,21,22,23). The maximum Gasteiger partial charge on any atom is 0.319 e. The predicted molar refractivity (Wildman–Crippen MR) is 103 cm³/mol. The van der Waals surface area contributed by atoms with Crippen LogP contribution in [0.3, 0.4) is 0 Å². The van der Waals surface area contributed by atoms with Crippen LogP contribution in [0.25, 0.3) is 0 Å². The van der Waals surface area contributed by atoms with E-state index >= 15 is 0 Å². The average Bonchev–Trinajstić information content (AvgIpc) is 2.60. The fraction of sp³-hybridized carbons (Fsp3) is 0.350. The van der Waals surface area contributed by atoms with E-state index in [1.165, 1.54) is 12.7 Å². The Kier molecular flexibility index (Phi) is 6.72. The van der Waals surface area contributed by atoms with Gasteiger partial charge >= 0.3 is 6.03 Å². The van der Waals surface area contributed by atoms with E-state index in [2.05, 4.69) is 29.7 Å². The quantitative estimate of drug-likeness (QED) is 0.738. The second-order valence-corrected chi connectivity index (χ2v) is 6.02. The first kappa shape index (κ1) is 19.4. The molecule has 0 bridgehead atoms. The highest BCUT2D eigenvalue weighted by molar-refractivity contribution is 5.91. The number of hydrogen-bond donors (Lipinski definition) is 2. The van der Waals surface area contributed by atoms with Gasteiger partial charge in [-0.2, -0.15) is 0 Å². The van der Waals surface area contributed by atoms with E-state index in [-0.39, 0.29) is 6.03 Å². The summed E-state index contributed by atoms with van der Waals surface area (Å²) in [4.78, 5) is 12.1. The lowest BCUT2D eigenvalue weighted by Gasteiger charge is -2.14. The first-order chi connectivity index (χ1) is 12.4. The molecule has 0 unspecified atom stereocenters. The summed E-state index contributed by atoms with van der Waals surface area (Å²) in [5.41, 5.74) is 3.96. The molecule has 2 rings (SSSR count). The summed E-state index contributed by atoms with van der Waals surface area (Å²) < 4.78 is 16.2. The Hall–Kier alpha value is -2.89. The fourth-order valence-corrected chi connectivity index (χ4v) is 2.78. The van der Waals surface area contributed by atoms with Gasteiger partial charge in [-0.1, -0.05) is 17.7 Å². The highest BCUT2D eigenvalue weighted by Crippen LogP contribution is 2.29. The van der Waals surface area contributed by atoms with Crippen LogP contribution in [-0.2, 0) is 0 Å². The number of benzene rings is 2. The van der Waals surface area contributed by atoms with Gasteiger partial charge in [-0.3, -0.25) is 0 Å². The van der Waals surface area contributed by atoms with Crippen molar-refractivity contribution in [3.63, 3.8) is 0 Å². The zero-order valence-corrected chi connectivity index (χ0v) is 15.9. The SMILES string of the molecule is COc1ccc(NC(=O)NCCOc2c(C)cc(C)cc2C)c(OC)c1. The molecule has 0 fully saturated rings. The van der Waals surface area contributed by atoms with E-state index in [9.17, 15) is 4.79 Å². The molecule has 0 aliphatic rings. The number of urea groups is 1. The molecule has 0 atom stereocenters. The average molecular weight is 358 g/mol. The van der Waals surface area contributed by atoms with E-state index in [0.29, 0.717) is 30.3 Å². The van der Waals surface area contributed by atoms with Crippen molar-refractivity contribution in [3.8, 4) is 17.2 Å². The Labute approximate surface area is 154 Å². The van der Waals surface area contributed by atoms with E-state index in [1.807, 2.05) is 13.8 Å². The molecule has 0 aromatic heterocycles. The first-order valence-electron chi connectivity index (χ1n) is 8.42. The van der Waals surface area contributed by atoms with Gasteiger partial charge in [-0.05, 0) is 44.0 Å². The summed E-state index contributed by atoms with van der Waals surface area (Å²) in [5, 5.41) is 5.53. The van der Waals surface area contributed by atoms with Gasteiger partial charge in [0, 0.05) is 6.07 Å². The van der Waals surface area contributed by atoms with Crippen molar-refractivity contribution in [2.24, 2.45) is 0 Å². The topological polar surface area (TPSA) is 68.8 Å². The zero-order chi connectivity index (χ0) is 19.1. The third kappa shape index (κ3) is 5.05. The lowest BCUT2D eigenvalue weighted by molar-refractivity contribution is 0.247. The Morgan fingerprint density at radius 1 is 1.00 bits per heavy atom. The molecule has 6 nitrogen and oxygen atoms in total. The van der Waals surface area contributed by atoms with Gasteiger partial charge in [-0.15, -0.1) is 0 Å². The monoisotopic (exact) mass is 358 g/mol. The minimum atomic E-state index is -0.325. The molecule has 2 amide bonds. The second-order valence-electron chi connectivity index (χ2n) is 6.02. The molecule has 2 N–H and O–H groups in total. The smallest absolute Gasteiger partial charge is 0.319 e. The Morgan fingerprint density at radius 3 is 2.31 bits per heavy atom. The number of anilines is 1. The highest BCUT2D eigenvalue weighted by Gasteiger charge is 2.09. The summed E-state index contributed by atoms with van der Waals surface area (Å²) in [5.74, 6) is 2.06. The van der Waals surface area contributed by atoms with Crippen molar-refractivity contribution >= 4 is 11.7 Å². The summed E-state index contributed by atoms with van der Waals surface area (Å²) in [7, 11) is 3.12. The van der Waals surface area contributed by atoms with Crippen LogP contribution in [0.15, 0.2) is 30.3 Å². The Morgan fingerprint density at radius 2 is 1.69 bits per heavy atom. The molecule has 140 valence electrons. The minimum absolute atomic E-state index is 0.325. The number of carbonyl (C=O) groups excluding carboxylic acids is 1. The summed E-state index contributed by atoms with van der Waals surface area (Å²) >= 11 is 0. The predicted octanol–water partition coefficient (Wildman–Crippen LogP) is 3.83. The number of hydrogen-bond acceptors (Lipinski definition) is 4. The number of amides is 2. The molecule has 0 aliphatic carbocycles. The van der Waals surface area contributed by atoms with Crippen LogP contribution in [0.2, 0.25) is 0 Å². The third-order valence-electron chi connectivity index (χ3n) is 3.90. The van der Waals surface area contributed by atoms with Crippen LogP contribution in [0, 0.1) is 20.8 Å². The van der Waals surface area contributed by atoms with E-state index < -0.39 is 0 Å². The number of methoxy groups -OCH3 is 2. The number of nitrogens with one attached hydrogen (secondary N) is 2. The molecule has 0 spiro atoms. The molecule has 0 saturated heterocycles. The van der Waals surface area contributed by atoms with Gasteiger partial charge in [0.15, 0.2) is 0 Å². The summed E-state index contributed by atoms with van der Waals surface area (Å²) in [6.45, 7) is 6.87. The number of aryl methyl sites for hydroxylation is 3. The van der Waals surface area contributed by atoms with E-state index in [4.69, 9.17) is 14.2 Å². The summed E-state index contributed by atoms with van der Waals surface area (Å²) in [6, 6.07) is 9.03. The van der Waals surface area contributed by atoms with Crippen molar-refractivity contribution in [1.82, 2.24) is 5.32 Å². The maximum absolute atomic E-state index is 12.1. The van der Waals surface area contributed by atoms with Crippen molar-refractivity contribution in [1.29, 1.82) is 0 Å². The van der Waals surface area contributed by atoms with Crippen molar-refractivity contribution in [2.75, 3.05) is 32.7 Å². The van der Waals surface area contributed by atoms with E-state index in [0.717, 1.165) is 16.9 Å².